The molecule has 0 atom stereocenters. The van der Waals surface area contributed by atoms with E-state index < -0.39 is 0 Å². The van der Waals surface area contributed by atoms with Gasteiger partial charge in [-0.25, -0.2) is 0 Å². The molecule has 0 aliphatic heterocycles. The fraction of sp³-hybridized carbons (Fsp3) is 0. The summed E-state index contributed by atoms with van der Waals surface area (Å²) in [6.07, 6.45) is 7.12. The molecule has 5 aromatic rings. The van der Waals surface area contributed by atoms with E-state index in [9.17, 15) is 0 Å². The first-order valence-corrected chi connectivity index (χ1v) is 7.79. The van der Waals surface area contributed by atoms with Gasteiger partial charge >= 0.3 is 0 Å². The number of hydrogen-bond acceptors (Lipinski definition) is 3. The number of furan rings is 2. The Hall–Kier alpha value is -3.33. The van der Waals surface area contributed by atoms with Gasteiger partial charge in [-0.1, -0.05) is 24.3 Å². The predicted octanol–water partition coefficient (Wildman–Crippen LogP) is 5.91. The van der Waals surface area contributed by atoms with Crippen molar-refractivity contribution in [2.24, 2.45) is 0 Å². The van der Waals surface area contributed by atoms with Crippen LogP contribution in [-0.2, 0) is 0 Å². The average molecular weight is 311 g/mol. The van der Waals surface area contributed by atoms with Crippen molar-refractivity contribution in [3.63, 3.8) is 0 Å². The summed E-state index contributed by atoms with van der Waals surface area (Å²) < 4.78 is 11.4. The van der Waals surface area contributed by atoms with Crippen LogP contribution in [0.4, 0.5) is 0 Å². The third-order valence-electron chi connectivity index (χ3n) is 4.36. The van der Waals surface area contributed by atoms with Gasteiger partial charge in [-0.05, 0) is 46.5 Å². The molecule has 0 radical (unpaired) electrons. The second-order valence-electron chi connectivity index (χ2n) is 5.67. The smallest absolute Gasteiger partial charge is 0.135 e. The Morgan fingerprint density at radius 2 is 1.17 bits per heavy atom. The Labute approximate surface area is 138 Å². The first kappa shape index (κ1) is 13.1. The zero-order valence-corrected chi connectivity index (χ0v) is 12.8. The Morgan fingerprint density at radius 1 is 0.583 bits per heavy atom. The van der Waals surface area contributed by atoms with Crippen LogP contribution < -0.4 is 0 Å². The topological polar surface area (TPSA) is 39.2 Å². The number of fused-ring (bicyclic) bond motifs is 2. The summed E-state index contributed by atoms with van der Waals surface area (Å²) in [6.45, 7) is 0. The molecular weight excluding hydrogens is 298 g/mol. The highest BCUT2D eigenvalue weighted by atomic mass is 16.3. The van der Waals surface area contributed by atoms with Crippen LogP contribution in [0.2, 0.25) is 0 Å². The third kappa shape index (κ3) is 1.82. The maximum Gasteiger partial charge on any atom is 0.135 e. The fourth-order valence-corrected chi connectivity index (χ4v) is 3.39. The van der Waals surface area contributed by atoms with Crippen molar-refractivity contribution < 1.29 is 8.83 Å². The molecule has 0 amide bonds. The van der Waals surface area contributed by atoms with Crippen molar-refractivity contribution in [3.05, 3.63) is 79.5 Å². The average Bonchev–Trinajstić information content (AvgIpc) is 3.33. The maximum atomic E-state index is 5.72. The first-order valence-electron chi connectivity index (χ1n) is 7.79. The maximum absolute atomic E-state index is 5.72. The predicted molar refractivity (Wildman–Crippen MR) is 94.7 cm³/mol. The molecular formula is C21H13NO2. The van der Waals surface area contributed by atoms with Gasteiger partial charge in [0.1, 0.15) is 11.5 Å². The highest BCUT2D eigenvalue weighted by molar-refractivity contribution is 6.20. The normalized spacial score (nSPS) is 11.3. The van der Waals surface area contributed by atoms with Crippen LogP contribution in [0.1, 0.15) is 0 Å². The van der Waals surface area contributed by atoms with Crippen molar-refractivity contribution in [2.75, 3.05) is 0 Å². The van der Waals surface area contributed by atoms with Crippen LogP contribution in [0.5, 0.6) is 0 Å². The summed E-state index contributed by atoms with van der Waals surface area (Å²) in [5, 5.41) is 4.42. The van der Waals surface area contributed by atoms with E-state index in [1.165, 1.54) is 0 Å². The van der Waals surface area contributed by atoms with Gasteiger partial charge in [0.25, 0.3) is 0 Å². The van der Waals surface area contributed by atoms with Crippen molar-refractivity contribution in [3.8, 4) is 22.6 Å². The molecule has 0 bridgehead atoms. The molecule has 3 nitrogen and oxygen atoms in total. The van der Waals surface area contributed by atoms with E-state index in [0.717, 1.165) is 44.2 Å². The number of rotatable bonds is 2. The van der Waals surface area contributed by atoms with E-state index >= 15 is 0 Å². The zero-order valence-electron chi connectivity index (χ0n) is 12.8. The van der Waals surface area contributed by atoms with Crippen molar-refractivity contribution in [1.29, 1.82) is 0 Å². The lowest BCUT2D eigenvalue weighted by Gasteiger charge is -2.14. The Kier molecular flexibility index (Phi) is 2.79. The van der Waals surface area contributed by atoms with Gasteiger partial charge in [-0.3, -0.25) is 4.98 Å². The molecule has 0 unspecified atom stereocenters. The molecule has 0 aliphatic rings. The van der Waals surface area contributed by atoms with Gasteiger partial charge in [-0.15, -0.1) is 0 Å². The lowest BCUT2D eigenvalue weighted by Crippen LogP contribution is -1.89. The molecule has 0 spiro atoms. The summed E-state index contributed by atoms with van der Waals surface area (Å²) in [5.41, 5.74) is 2.15. The lowest BCUT2D eigenvalue weighted by molar-refractivity contribution is 0.582. The minimum Gasteiger partial charge on any atom is -0.464 e. The number of aromatic nitrogens is 1. The molecule has 3 aromatic heterocycles. The molecule has 5 rings (SSSR count). The summed E-state index contributed by atoms with van der Waals surface area (Å²) in [7, 11) is 0. The van der Waals surface area contributed by atoms with Crippen LogP contribution >= 0.6 is 0 Å². The molecule has 0 fully saturated rings. The van der Waals surface area contributed by atoms with Crippen molar-refractivity contribution >= 4 is 21.5 Å². The van der Waals surface area contributed by atoms with Gasteiger partial charge in [0.2, 0.25) is 0 Å². The van der Waals surface area contributed by atoms with E-state index in [0.29, 0.717) is 0 Å². The van der Waals surface area contributed by atoms with E-state index in [-0.39, 0.29) is 0 Å². The highest BCUT2D eigenvalue weighted by Gasteiger charge is 2.18. The number of nitrogens with zero attached hydrogens (tertiary/aromatic N) is 1. The summed E-state index contributed by atoms with van der Waals surface area (Å²) in [5.74, 6) is 1.70. The molecule has 0 saturated carbocycles. The van der Waals surface area contributed by atoms with Crippen LogP contribution in [-0.4, -0.2) is 4.98 Å². The molecule has 0 N–H and O–H groups in total. The lowest BCUT2D eigenvalue weighted by atomic mass is 9.90. The second-order valence-corrected chi connectivity index (χ2v) is 5.67. The van der Waals surface area contributed by atoms with Crippen LogP contribution in [0, 0.1) is 0 Å². The Morgan fingerprint density at radius 3 is 1.75 bits per heavy atom. The highest BCUT2D eigenvalue weighted by Crippen LogP contribution is 2.43. The molecule has 24 heavy (non-hydrogen) atoms. The van der Waals surface area contributed by atoms with E-state index in [4.69, 9.17) is 8.83 Å². The minimum absolute atomic E-state index is 0.843. The van der Waals surface area contributed by atoms with Crippen molar-refractivity contribution in [1.82, 2.24) is 4.98 Å². The number of benzene rings is 2. The number of pyridine rings is 1. The largest absolute Gasteiger partial charge is 0.464 e. The van der Waals surface area contributed by atoms with Crippen molar-refractivity contribution in [2.45, 2.75) is 0 Å². The first-order chi connectivity index (χ1) is 11.9. The van der Waals surface area contributed by atoms with Crippen LogP contribution in [0.3, 0.4) is 0 Å². The molecule has 114 valence electrons. The van der Waals surface area contributed by atoms with Gasteiger partial charge in [-0.2, -0.15) is 0 Å². The van der Waals surface area contributed by atoms with E-state index in [1.54, 1.807) is 12.5 Å². The summed E-state index contributed by atoms with van der Waals surface area (Å²) >= 11 is 0. The molecule has 2 aromatic carbocycles. The Balaban J connectivity index is 2.06. The quantitative estimate of drug-likeness (QED) is 0.380. The Bertz CT molecular complexity index is 990. The zero-order chi connectivity index (χ0) is 15.9. The summed E-state index contributed by atoms with van der Waals surface area (Å²) in [4.78, 5) is 4.34. The molecule has 0 aliphatic carbocycles. The SMILES string of the molecule is c1coc(-c2c3ccccc3c(-c3ccco3)c3cnccc23)c1. The fourth-order valence-electron chi connectivity index (χ4n) is 3.39. The van der Waals surface area contributed by atoms with Crippen LogP contribution in [0.15, 0.2) is 88.4 Å². The third-order valence-corrected chi connectivity index (χ3v) is 4.36. The minimum atomic E-state index is 0.843. The molecule has 0 saturated heterocycles. The van der Waals surface area contributed by atoms with E-state index in [2.05, 4.69) is 17.1 Å². The molecule has 3 heteroatoms. The molecule has 3 heterocycles. The number of hydrogen-bond donors (Lipinski definition) is 0. The van der Waals surface area contributed by atoms with Crippen LogP contribution in [0.25, 0.3) is 44.2 Å². The second kappa shape index (κ2) is 5.10. The van der Waals surface area contributed by atoms with Gasteiger partial charge < -0.3 is 8.83 Å². The van der Waals surface area contributed by atoms with Gasteiger partial charge in [0.05, 0.1) is 12.5 Å². The standard InChI is InChI=1S/C21H13NO2/c1-2-6-15-14(5-1)20(18-7-3-11-23-18)16-9-10-22-13-17(16)21(15)19-8-4-12-24-19/h1-13H. The van der Waals surface area contributed by atoms with Gasteiger partial charge in [0, 0.05) is 28.9 Å². The van der Waals surface area contributed by atoms with E-state index in [1.807, 2.05) is 54.9 Å². The summed E-state index contributed by atoms with van der Waals surface area (Å²) in [6, 6.07) is 18.2. The monoisotopic (exact) mass is 311 g/mol. The van der Waals surface area contributed by atoms with Gasteiger partial charge in [0.15, 0.2) is 0 Å².